The molecule has 1 N–H and O–H groups in total. The van der Waals surface area contributed by atoms with Crippen molar-refractivity contribution in [2.24, 2.45) is 0 Å². The summed E-state index contributed by atoms with van der Waals surface area (Å²) in [5.74, 6) is 1.02. The Balaban J connectivity index is 1.59. The van der Waals surface area contributed by atoms with Gasteiger partial charge in [0.1, 0.15) is 6.54 Å². The van der Waals surface area contributed by atoms with Crippen molar-refractivity contribution in [2.75, 3.05) is 12.3 Å². The molecule has 4 rings (SSSR count). The van der Waals surface area contributed by atoms with Crippen LogP contribution < -0.4 is 5.32 Å². The van der Waals surface area contributed by atoms with Crippen LogP contribution in [-0.2, 0) is 16.1 Å². The summed E-state index contributed by atoms with van der Waals surface area (Å²) in [5.41, 5.74) is 1.88. The van der Waals surface area contributed by atoms with Crippen LogP contribution in [0, 0.1) is 0 Å². The molecule has 32 heavy (non-hydrogen) atoms. The molecule has 1 saturated heterocycles. The lowest BCUT2D eigenvalue weighted by Crippen LogP contribution is -2.48. The maximum absolute atomic E-state index is 13.3. The maximum Gasteiger partial charge on any atom is 0.243 e. The van der Waals surface area contributed by atoms with E-state index in [1.807, 2.05) is 38.1 Å². The summed E-state index contributed by atoms with van der Waals surface area (Å²) in [6.45, 7) is 7.29. The summed E-state index contributed by atoms with van der Waals surface area (Å²) < 4.78 is 3.90. The van der Waals surface area contributed by atoms with Gasteiger partial charge < -0.3 is 10.2 Å². The van der Waals surface area contributed by atoms with Crippen molar-refractivity contribution >= 4 is 40.4 Å². The molecule has 1 aromatic carbocycles. The minimum atomic E-state index is -0.00723. The van der Waals surface area contributed by atoms with E-state index in [0.717, 1.165) is 36.7 Å². The normalized spacial score (nSPS) is 19.0. The van der Waals surface area contributed by atoms with Crippen molar-refractivity contribution in [3.05, 3.63) is 24.3 Å². The Labute approximate surface area is 192 Å². The molecule has 1 aliphatic heterocycles. The third-order valence-electron chi connectivity index (χ3n) is 6.23. The number of hydrogen-bond donors (Lipinski definition) is 1. The van der Waals surface area contributed by atoms with Crippen LogP contribution in [0.4, 0.5) is 0 Å². The number of unbranched alkanes of at least 4 members (excludes halogenated alkanes) is 1. The quantitative estimate of drug-likeness (QED) is 0.414. The molecule has 2 atom stereocenters. The number of likely N-dealkylation sites (tertiary alicyclic amines) is 1. The van der Waals surface area contributed by atoms with E-state index < -0.39 is 0 Å². The zero-order chi connectivity index (χ0) is 22.7. The minimum absolute atomic E-state index is 0.00723. The molecule has 1 aliphatic rings. The highest BCUT2D eigenvalue weighted by Crippen LogP contribution is 2.27. The SMILES string of the molecule is CCCCNC(=O)CSc1nnc2n(CC(=O)N3[C@@H](C)CCC[C@@H]3C)c3ccccc3n12. The van der Waals surface area contributed by atoms with Gasteiger partial charge in [-0.25, -0.2) is 0 Å². The zero-order valence-electron chi connectivity index (χ0n) is 19.1. The van der Waals surface area contributed by atoms with Crippen LogP contribution in [0.3, 0.4) is 0 Å². The fourth-order valence-electron chi connectivity index (χ4n) is 4.60. The molecule has 2 amide bonds. The summed E-state index contributed by atoms with van der Waals surface area (Å²) in [6, 6.07) is 8.44. The van der Waals surface area contributed by atoms with E-state index in [1.165, 1.54) is 18.2 Å². The minimum Gasteiger partial charge on any atom is -0.355 e. The molecule has 3 heterocycles. The van der Waals surface area contributed by atoms with Crippen LogP contribution in [0.2, 0.25) is 0 Å². The highest BCUT2D eigenvalue weighted by atomic mass is 32.2. The summed E-state index contributed by atoms with van der Waals surface area (Å²) >= 11 is 1.37. The molecular weight excluding hydrogens is 424 g/mol. The first kappa shape index (κ1) is 22.6. The molecule has 0 bridgehead atoms. The average Bonchev–Trinajstić information content (AvgIpc) is 3.32. The average molecular weight is 457 g/mol. The van der Waals surface area contributed by atoms with E-state index in [-0.39, 0.29) is 36.2 Å². The number of amides is 2. The lowest BCUT2D eigenvalue weighted by atomic mass is 9.97. The topological polar surface area (TPSA) is 84.5 Å². The van der Waals surface area contributed by atoms with E-state index in [4.69, 9.17) is 0 Å². The van der Waals surface area contributed by atoms with Gasteiger partial charge in [0.15, 0.2) is 5.16 Å². The van der Waals surface area contributed by atoms with Gasteiger partial charge in [0.2, 0.25) is 17.6 Å². The van der Waals surface area contributed by atoms with Crippen molar-refractivity contribution in [1.82, 2.24) is 29.4 Å². The molecule has 8 nitrogen and oxygen atoms in total. The Morgan fingerprint density at radius 2 is 1.84 bits per heavy atom. The molecule has 1 fully saturated rings. The van der Waals surface area contributed by atoms with Crippen LogP contribution in [0.1, 0.15) is 52.9 Å². The fourth-order valence-corrected chi connectivity index (χ4v) is 5.37. The first-order valence-corrected chi connectivity index (χ1v) is 12.5. The van der Waals surface area contributed by atoms with Crippen LogP contribution in [0.5, 0.6) is 0 Å². The second kappa shape index (κ2) is 9.94. The number of carbonyl (C=O) groups excluding carboxylic acids is 2. The molecule has 0 spiro atoms. The largest absolute Gasteiger partial charge is 0.355 e. The Kier molecular flexibility index (Phi) is 7.03. The lowest BCUT2D eigenvalue weighted by Gasteiger charge is -2.39. The molecule has 0 saturated carbocycles. The third kappa shape index (κ3) is 4.48. The van der Waals surface area contributed by atoms with Crippen molar-refractivity contribution in [3.8, 4) is 0 Å². The number of benzene rings is 1. The van der Waals surface area contributed by atoms with Crippen LogP contribution in [-0.4, -0.2) is 60.3 Å². The smallest absolute Gasteiger partial charge is 0.243 e. The molecular formula is C23H32N6O2S. The number of rotatable bonds is 8. The summed E-state index contributed by atoms with van der Waals surface area (Å²) in [5, 5.41) is 12.3. The van der Waals surface area contributed by atoms with Gasteiger partial charge in [0.25, 0.3) is 0 Å². The van der Waals surface area contributed by atoms with Crippen molar-refractivity contribution in [1.29, 1.82) is 0 Å². The van der Waals surface area contributed by atoms with E-state index in [2.05, 4.69) is 36.3 Å². The lowest BCUT2D eigenvalue weighted by molar-refractivity contribution is -0.137. The van der Waals surface area contributed by atoms with Gasteiger partial charge in [0.05, 0.1) is 16.8 Å². The van der Waals surface area contributed by atoms with Crippen LogP contribution in [0.25, 0.3) is 16.8 Å². The summed E-state index contributed by atoms with van der Waals surface area (Å²) in [6.07, 6.45) is 5.28. The first-order valence-electron chi connectivity index (χ1n) is 11.5. The van der Waals surface area contributed by atoms with Crippen molar-refractivity contribution < 1.29 is 9.59 Å². The molecule has 0 unspecified atom stereocenters. The van der Waals surface area contributed by atoms with Gasteiger partial charge in [-0.3, -0.25) is 18.6 Å². The first-order chi connectivity index (χ1) is 15.5. The number of aromatic nitrogens is 4. The Hall–Kier alpha value is -2.55. The summed E-state index contributed by atoms with van der Waals surface area (Å²) in [7, 11) is 0. The molecule has 2 aromatic heterocycles. The van der Waals surface area contributed by atoms with Crippen molar-refractivity contribution in [3.63, 3.8) is 0 Å². The second-order valence-corrected chi connectivity index (χ2v) is 9.56. The molecule has 172 valence electrons. The van der Waals surface area contributed by atoms with Crippen LogP contribution in [0.15, 0.2) is 29.4 Å². The van der Waals surface area contributed by atoms with Gasteiger partial charge in [-0.15, -0.1) is 10.2 Å². The molecule has 9 heteroatoms. The number of para-hydroxylation sites is 2. The number of piperidine rings is 1. The number of thioether (sulfide) groups is 1. The molecule has 0 radical (unpaired) electrons. The van der Waals surface area contributed by atoms with Gasteiger partial charge in [0, 0.05) is 18.6 Å². The van der Waals surface area contributed by atoms with E-state index in [1.54, 1.807) is 0 Å². The fraction of sp³-hybridized carbons (Fsp3) is 0.565. The molecule has 0 aliphatic carbocycles. The van der Waals surface area contributed by atoms with Gasteiger partial charge in [-0.2, -0.15) is 0 Å². The Morgan fingerprint density at radius 3 is 2.56 bits per heavy atom. The number of fused-ring (bicyclic) bond motifs is 3. The maximum atomic E-state index is 13.3. The van der Waals surface area contributed by atoms with Crippen molar-refractivity contribution in [2.45, 2.75) is 76.7 Å². The Bertz CT molecular complexity index is 1100. The number of nitrogens with zero attached hydrogens (tertiary/aromatic N) is 5. The standard InChI is InChI=1S/C23H32N6O2S/c1-4-5-13-24-20(30)15-32-23-26-25-22-27(18-11-6-7-12-19(18)29(22)23)14-21(31)28-16(2)9-8-10-17(28)3/h6-7,11-12,16-17H,4-5,8-10,13-15H2,1-3H3,(H,24,30)/t16-,17-/m0/s1. The summed E-state index contributed by atoms with van der Waals surface area (Å²) in [4.78, 5) is 27.5. The number of nitrogens with one attached hydrogen (secondary N) is 1. The number of carbonyl (C=O) groups is 2. The van der Waals surface area contributed by atoms with E-state index in [9.17, 15) is 9.59 Å². The predicted molar refractivity (Wildman–Crippen MR) is 127 cm³/mol. The van der Waals surface area contributed by atoms with E-state index in [0.29, 0.717) is 17.5 Å². The highest BCUT2D eigenvalue weighted by molar-refractivity contribution is 7.99. The third-order valence-corrected chi connectivity index (χ3v) is 7.16. The van der Waals surface area contributed by atoms with Crippen LogP contribution >= 0.6 is 11.8 Å². The monoisotopic (exact) mass is 456 g/mol. The van der Waals surface area contributed by atoms with Gasteiger partial charge in [-0.05, 0) is 51.7 Å². The van der Waals surface area contributed by atoms with Gasteiger partial charge >= 0.3 is 0 Å². The number of hydrogen-bond acceptors (Lipinski definition) is 5. The number of imidazole rings is 1. The van der Waals surface area contributed by atoms with Gasteiger partial charge in [-0.1, -0.05) is 37.2 Å². The zero-order valence-corrected chi connectivity index (χ0v) is 19.9. The molecule has 3 aromatic rings. The second-order valence-electron chi connectivity index (χ2n) is 8.61. The Morgan fingerprint density at radius 1 is 1.12 bits per heavy atom. The predicted octanol–water partition coefficient (Wildman–Crippen LogP) is 3.48. The van der Waals surface area contributed by atoms with E-state index >= 15 is 0 Å². The highest BCUT2D eigenvalue weighted by Gasteiger charge is 2.30.